The number of rotatable bonds is 2. The van der Waals surface area contributed by atoms with Gasteiger partial charge in [-0.05, 0) is 72.7 Å². The molecule has 1 heterocycles. The normalized spacial score (nSPS) is 18.4. The summed E-state index contributed by atoms with van der Waals surface area (Å²) in [6.07, 6.45) is 0. The van der Waals surface area contributed by atoms with Crippen LogP contribution in [0.3, 0.4) is 0 Å². The Bertz CT molecular complexity index is 2250. The molecule has 1 atom stereocenters. The van der Waals surface area contributed by atoms with Crippen LogP contribution in [0, 0.1) is 0 Å². The van der Waals surface area contributed by atoms with E-state index in [9.17, 15) is 0 Å². The molecular formula is C42H26S. The van der Waals surface area contributed by atoms with Crippen molar-refractivity contribution in [1.29, 1.82) is 0 Å². The first-order valence-corrected chi connectivity index (χ1v) is 15.9. The molecule has 0 aliphatic heterocycles. The van der Waals surface area contributed by atoms with Gasteiger partial charge < -0.3 is 0 Å². The fraction of sp³-hybridized carbons (Fsp3) is 0.0476. The van der Waals surface area contributed by atoms with Gasteiger partial charge in [0.25, 0.3) is 0 Å². The van der Waals surface area contributed by atoms with Crippen LogP contribution in [0.5, 0.6) is 0 Å². The van der Waals surface area contributed by atoms with Crippen LogP contribution < -0.4 is 0 Å². The van der Waals surface area contributed by atoms with Crippen LogP contribution in [0.1, 0.15) is 44.5 Å². The van der Waals surface area contributed by atoms with E-state index in [1.54, 1.807) is 0 Å². The van der Waals surface area contributed by atoms with Gasteiger partial charge in [0, 0.05) is 9.58 Å². The fourth-order valence-corrected chi connectivity index (χ4v) is 10.1. The molecule has 0 saturated carbocycles. The third kappa shape index (κ3) is 2.64. The first-order chi connectivity index (χ1) is 21.4. The van der Waals surface area contributed by atoms with Crippen molar-refractivity contribution in [2.75, 3.05) is 0 Å². The maximum atomic E-state index is 2.41. The average molecular weight is 563 g/mol. The summed E-state index contributed by atoms with van der Waals surface area (Å²) in [5.74, 6) is 0. The van der Waals surface area contributed by atoms with Crippen molar-refractivity contribution in [2.45, 2.75) is 10.8 Å². The van der Waals surface area contributed by atoms with Crippen LogP contribution in [0.15, 0.2) is 158 Å². The monoisotopic (exact) mass is 562 g/mol. The smallest absolute Gasteiger partial charge is 0.0743 e. The fourth-order valence-electron chi connectivity index (χ4n) is 8.81. The van der Waals surface area contributed by atoms with E-state index in [2.05, 4.69) is 158 Å². The van der Waals surface area contributed by atoms with E-state index >= 15 is 0 Å². The maximum Gasteiger partial charge on any atom is 0.0743 e. The topological polar surface area (TPSA) is 0 Å². The Morgan fingerprint density at radius 3 is 1.44 bits per heavy atom. The van der Waals surface area contributed by atoms with Gasteiger partial charge in [-0.1, -0.05) is 152 Å². The molecule has 1 heteroatoms. The van der Waals surface area contributed by atoms with Crippen LogP contribution in [0.2, 0.25) is 0 Å². The Morgan fingerprint density at radius 1 is 0.372 bits per heavy atom. The molecule has 1 aromatic heterocycles. The van der Waals surface area contributed by atoms with Crippen LogP contribution in [0.4, 0.5) is 0 Å². The summed E-state index contributed by atoms with van der Waals surface area (Å²) in [7, 11) is 0. The predicted octanol–water partition coefficient (Wildman–Crippen LogP) is 10.5. The van der Waals surface area contributed by atoms with Crippen molar-refractivity contribution in [3.63, 3.8) is 0 Å². The highest BCUT2D eigenvalue weighted by Crippen LogP contribution is 2.73. The molecule has 0 unspecified atom stereocenters. The van der Waals surface area contributed by atoms with Gasteiger partial charge >= 0.3 is 0 Å². The largest absolute Gasteiger partial charge is 0.135 e. The van der Waals surface area contributed by atoms with Crippen LogP contribution in [-0.4, -0.2) is 0 Å². The molecule has 3 aliphatic rings. The first-order valence-electron chi connectivity index (χ1n) is 15.0. The zero-order valence-electron chi connectivity index (χ0n) is 23.4. The molecule has 0 saturated heterocycles. The minimum atomic E-state index is -0.447. The molecule has 0 radical (unpaired) electrons. The Kier molecular flexibility index (Phi) is 4.56. The Morgan fingerprint density at radius 2 is 0.814 bits per heavy atom. The molecule has 1 spiro atoms. The summed E-state index contributed by atoms with van der Waals surface area (Å²) in [6.45, 7) is 0. The van der Waals surface area contributed by atoms with Crippen LogP contribution in [-0.2, 0) is 10.8 Å². The van der Waals surface area contributed by atoms with Crippen molar-refractivity contribution in [2.24, 2.45) is 0 Å². The summed E-state index contributed by atoms with van der Waals surface area (Å²) >= 11 is 1.95. The van der Waals surface area contributed by atoms with Crippen LogP contribution in [0.25, 0.3) is 31.7 Å². The summed E-state index contributed by atoms with van der Waals surface area (Å²) in [5.41, 5.74) is 14.4. The van der Waals surface area contributed by atoms with E-state index in [0.717, 1.165) is 0 Å². The maximum absolute atomic E-state index is 2.41. The minimum Gasteiger partial charge on any atom is -0.135 e. The van der Waals surface area contributed by atoms with E-state index in [4.69, 9.17) is 0 Å². The Balaban J connectivity index is 1.48. The lowest BCUT2D eigenvalue weighted by atomic mass is 9.65. The molecular weight excluding hydrogens is 537 g/mol. The van der Waals surface area contributed by atoms with E-state index < -0.39 is 10.8 Å². The van der Waals surface area contributed by atoms with Gasteiger partial charge in [-0.3, -0.25) is 0 Å². The van der Waals surface area contributed by atoms with Crippen molar-refractivity contribution < 1.29 is 0 Å². The highest BCUT2D eigenvalue weighted by atomic mass is 32.1. The molecule has 6 aromatic carbocycles. The lowest BCUT2D eigenvalue weighted by Gasteiger charge is -2.36. The quantitative estimate of drug-likeness (QED) is 0.197. The van der Waals surface area contributed by atoms with Gasteiger partial charge in [0.1, 0.15) is 0 Å². The van der Waals surface area contributed by atoms with Gasteiger partial charge in [0.2, 0.25) is 0 Å². The lowest BCUT2D eigenvalue weighted by Crippen LogP contribution is -2.29. The van der Waals surface area contributed by atoms with Gasteiger partial charge in [-0.15, -0.1) is 11.3 Å². The zero-order valence-corrected chi connectivity index (χ0v) is 24.2. The zero-order chi connectivity index (χ0) is 28.2. The molecule has 43 heavy (non-hydrogen) atoms. The molecule has 3 aliphatic carbocycles. The van der Waals surface area contributed by atoms with Crippen molar-refractivity contribution in [3.05, 3.63) is 202 Å². The first kappa shape index (κ1) is 23.6. The number of hydrogen-bond acceptors (Lipinski definition) is 1. The third-order valence-corrected chi connectivity index (χ3v) is 11.4. The molecule has 0 N–H and O–H groups in total. The Hall–Kier alpha value is -4.98. The summed E-state index contributed by atoms with van der Waals surface area (Å²) < 4.78 is 1.36. The van der Waals surface area contributed by atoms with Crippen molar-refractivity contribution in [3.8, 4) is 10.4 Å². The van der Waals surface area contributed by atoms with Gasteiger partial charge in [0.05, 0.1) is 10.8 Å². The van der Waals surface area contributed by atoms with E-state index in [0.29, 0.717) is 0 Å². The summed E-state index contributed by atoms with van der Waals surface area (Å²) in [4.78, 5) is 1.41. The minimum absolute atomic E-state index is 0.404. The number of benzene rings is 6. The van der Waals surface area contributed by atoms with E-state index in [-0.39, 0.29) is 0 Å². The number of thiophene rings is 1. The second-order valence-corrected chi connectivity index (χ2v) is 13.0. The second kappa shape index (κ2) is 8.31. The van der Waals surface area contributed by atoms with Crippen LogP contribution >= 0.6 is 11.3 Å². The Labute approximate surface area is 255 Å². The number of allylic oxidation sites excluding steroid dienone is 2. The lowest BCUT2D eigenvalue weighted by molar-refractivity contribution is 0.809. The number of fused-ring (bicyclic) bond motifs is 13. The highest BCUT2D eigenvalue weighted by molar-refractivity contribution is 7.22. The van der Waals surface area contributed by atoms with Gasteiger partial charge in [-0.25, -0.2) is 0 Å². The SMILES string of the molecule is c1ccc(C2(c3ccccc3)C3=C(c4ccccc42)[C@@]2(c4ccccc43)c3ccccc3-c3sc4ccccc4c32)cc1. The second-order valence-electron chi connectivity index (χ2n) is 11.9. The van der Waals surface area contributed by atoms with Gasteiger partial charge in [0.15, 0.2) is 0 Å². The molecule has 7 aromatic rings. The van der Waals surface area contributed by atoms with E-state index in [1.807, 2.05) is 11.3 Å². The van der Waals surface area contributed by atoms with Crippen molar-refractivity contribution in [1.82, 2.24) is 0 Å². The molecule has 10 rings (SSSR count). The van der Waals surface area contributed by atoms with Crippen molar-refractivity contribution >= 4 is 32.6 Å². The standard InChI is InChI=1S/C42H26S/c1-3-15-27(16-4-1)41(28-17-5-2-6-18-28)33-23-11-7-19-29(33)38-37(41)30-20-8-12-24-34(30)42(38)35-25-13-9-21-31(35)40-39(42)32-22-10-14-26-36(32)43-40/h1-26H/t42-/m1/s1. The number of hydrogen-bond donors (Lipinski definition) is 0. The highest BCUT2D eigenvalue weighted by Gasteiger charge is 2.62. The summed E-state index contributed by atoms with van der Waals surface area (Å²) in [6, 6.07) is 59.2. The molecule has 0 amide bonds. The predicted molar refractivity (Wildman–Crippen MR) is 180 cm³/mol. The molecule has 0 nitrogen and oxygen atoms in total. The third-order valence-electron chi connectivity index (χ3n) is 10.2. The molecule has 0 fully saturated rings. The summed E-state index contributed by atoms with van der Waals surface area (Å²) in [5, 5.41) is 1.37. The van der Waals surface area contributed by atoms with Gasteiger partial charge in [-0.2, -0.15) is 0 Å². The van der Waals surface area contributed by atoms with E-state index in [1.165, 1.54) is 76.2 Å². The molecule has 0 bridgehead atoms. The molecule has 200 valence electrons. The average Bonchev–Trinajstić information content (AvgIpc) is 3.78.